The molecular weight excluding hydrogens is 158 g/mol. The van der Waals surface area contributed by atoms with Crippen LogP contribution >= 0.6 is 0 Å². The average Bonchev–Trinajstić information content (AvgIpc) is 2.36. The van der Waals surface area contributed by atoms with Gasteiger partial charge in [-0.3, -0.25) is 4.79 Å². The maximum Gasteiger partial charge on any atom is 0.313 e. The lowest BCUT2D eigenvalue weighted by molar-refractivity contribution is -0.140. The highest BCUT2D eigenvalue weighted by Gasteiger charge is 2.12. The van der Waals surface area contributed by atoms with Crippen LogP contribution in [0.3, 0.4) is 0 Å². The van der Waals surface area contributed by atoms with E-state index in [1.54, 1.807) is 0 Å². The lowest BCUT2D eigenvalue weighted by atomic mass is 10.2. The van der Waals surface area contributed by atoms with E-state index in [-0.39, 0.29) is 12.4 Å². The molecule has 0 saturated heterocycles. The molecule has 0 fully saturated rings. The van der Waals surface area contributed by atoms with E-state index in [0.29, 0.717) is 5.76 Å². The van der Waals surface area contributed by atoms with Gasteiger partial charge in [-0.2, -0.15) is 0 Å². The van der Waals surface area contributed by atoms with E-state index in [2.05, 4.69) is 9.89 Å². The van der Waals surface area contributed by atoms with Gasteiger partial charge in [0, 0.05) is 5.56 Å². The fourth-order valence-corrected chi connectivity index (χ4v) is 0.830. The second-order valence-corrected chi connectivity index (χ2v) is 2.57. The molecule has 4 heteroatoms. The maximum atomic E-state index is 10.8. The average molecular weight is 169 g/mol. The van der Waals surface area contributed by atoms with Crippen molar-refractivity contribution >= 4 is 5.97 Å². The number of esters is 1. The highest BCUT2D eigenvalue weighted by Crippen LogP contribution is 2.12. The van der Waals surface area contributed by atoms with Gasteiger partial charge < -0.3 is 9.26 Å². The molecule has 0 atom stereocenters. The normalized spacial score (nSPS) is 9.92. The molecule has 1 aromatic heterocycles. The molecule has 0 spiro atoms. The van der Waals surface area contributed by atoms with E-state index >= 15 is 0 Å². The lowest BCUT2D eigenvalue weighted by Crippen LogP contribution is -2.04. The number of methoxy groups -OCH3 is 1. The third-order valence-corrected chi connectivity index (χ3v) is 1.79. The Morgan fingerprint density at radius 1 is 1.58 bits per heavy atom. The van der Waals surface area contributed by atoms with Crippen molar-refractivity contribution in [2.24, 2.45) is 0 Å². The van der Waals surface area contributed by atoms with E-state index in [0.717, 1.165) is 11.3 Å². The first-order valence-corrected chi connectivity index (χ1v) is 3.63. The predicted octanol–water partition coefficient (Wildman–Crippen LogP) is 1.01. The van der Waals surface area contributed by atoms with Crippen molar-refractivity contribution in [3.8, 4) is 0 Å². The molecule has 0 N–H and O–H groups in total. The molecule has 0 saturated carbocycles. The summed E-state index contributed by atoms with van der Waals surface area (Å²) in [5.74, 6) is 0.272. The van der Waals surface area contributed by atoms with Crippen molar-refractivity contribution in [3.63, 3.8) is 0 Å². The van der Waals surface area contributed by atoms with E-state index in [1.807, 2.05) is 13.8 Å². The highest BCUT2D eigenvalue weighted by molar-refractivity contribution is 5.71. The van der Waals surface area contributed by atoms with Gasteiger partial charge >= 0.3 is 5.97 Å². The van der Waals surface area contributed by atoms with Gasteiger partial charge in [-0.15, -0.1) is 0 Å². The standard InChI is InChI=1S/C8H11NO3/c1-5-6(2)9-12-7(5)4-8(10)11-3/h4H2,1-3H3. The molecule has 0 radical (unpaired) electrons. The molecule has 0 aromatic carbocycles. The number of nitrogens with zero attached hydrogens (tertiary/aromatic N) is 1. The number of aryl methyl sites for hydroxylation is 1. The molecule has 0 unspecified atom stereocenters. The van der Waals surface area contributed by atoms with Crippen LogP contribution in [0.25, 0.3) is 0 Å². The molecule has 4 nitrogen and oxygen atoms in total. The SMILES string of the molecule is COC(=O)Cc1onc(C)c1C. The minimum atomic E-state index is -0.311. The zero-order valence-corrected chi connectivity index (χ0v) is 7.38. The number of hydrogen-bond acceptors (Lipinski definition) is 4. The summed E-state index contributed by atoms with van der Waals surface area (Å²) in [6.45, 7) is 3.70. The molecule has 12 heavy (non-hydrogen) atoms. The number of aromatic nitrogens is 1. The Bertz CT molecular complexity index is 290. The van der Waals surface area contributed by atoms with Gasteiger partial charge in [0.25, 0.3) is 0 Å². The van der Waals surface area contributed by atoms with Gasteiger partial charge in [0.05, 0.1) is 12.8 Å². The molecule has 66 valence electrons. The predicted molar refractivity (Wildman–Crippen MR) is 41.7 cm³/mol. The Morgan fingerprint density at radius 2 is 2.25 bits per heavy atom. The Balaban J connectivity index is 2.76. The van der Waals surface area contributed by atoms with Crippen LogP contribution < -0.4 is 0 Å². The van der Waals surface area contributed by atoms with Crippen molar-refractivity contribution in [2.45, 2.75) is 20.3 Å². The first kappa shape index (κ1) is 8.77. The number of ether oxygens (including phenoxy) is 1. The van der Waals surface area contributed by atoms with Crippen molar-refractivity contribution in [1.82, 2.24) is 5.16 Å². The van der Waals surface area contributed by atoms with Crippen molar-refractivity contribution < 1.29 is 14.1 Å². The van der Waals surface area contributed by atoms with Gasteiger partial charge in [0.15, 0.2) is 5.76 Å². The van der Waals surface area contributed by atoms with Gasteiger partial charge in [0.1, 0.15) is 6.42 Å². The largest absolute Gasteiger partial charge is 0.469 e. The summed E-state index contributed by atoms with van der Waals surface area (Å²) in [7, 11) is 1.35. The number of rotatable bonds is 2. The van der Waals surface area contributed by atoms with E-state index in [9.17, 15) is 4.79 Å². The van der Waals surface area contributed by atoms with E-state index in [4.69, 9.17) is 4.52 Å². The smallest absolute Gasteiger partial charge is 0.313 e. The number of hydrogen-bond donors (Lipinski definition) is 0. The third kappa shape index (κ3) is 1.64. The topological polar surface area (TPSA) is 52.3 Å². The summed E-state index contributed by atoms with van der Waals surface area (Å²) in [6, 6.07) is 0. The summed E-state index contributed by atoms with van der Waals surface area (Å²) >= 11 is 0. The van der Waals surface area contributed by atoms with Crippen LogP contribution in [0, 0.1) is 13.8 Å². The zero-order chi connectivity index (χ0) is 9.14. The van der Waals surface area contributed by atoms with Crippen molar-refractivity contribution in [2.75, 3.05) is 7.11 Å². The lowest BCUT2D eigenvalue weighted by Gasteiger charge is -1.94. The van der Waals surface area contributed by atoms with Crippen molar-refractivity contribution in [3.05, 3.63) is 17.0 Å². The summed E-state index contributed by atoms with van der Waals surface area (Å²) in [4.78, 5) is 10.8. The number of carbonyl (C=O) groups excluding carboxylic acids is 1. The summed E-state index contributed by atoms with van der Waals surface area (Å²) in [5.41, 5.74) is 1.73. The first-order valence-electron chi connectivity index (χ1n) is 3.63. The minimum Gasteiger partial charge on any atom is -0.469 e. The molecule has 0 bridgehead atoms. The Morgan fingerprint density at radius 3 is 2.67 bits per heavy atom. The molecular formula is C8H11NO3. The second-order valence-electron chi connectivity index (χ2n) is 2.57. The molecule has 0 aliphatic carbocycles. The molecule has 1 heterocycles. The van der Waals surface area contributed by atoms with Gasteiger partial charge in [0.2, 0.25) is 0 Å². The third-order valence-electron chi connectivity index (χ3n) is 1.79. The molecule has 0 aliphatic heterocycles. The summed E-state index contributed by atoms with van der Waals surface area (Å²) in [6.07, 6.45) is 0.156. The molecule has 0 amide bonds. The summed E-state index contributed by atoms with van der Waals surface area (Å²) in [5, 5.41) is 3.72. The Hall–Kier alpha value is -1.32. The van der Waals surface area contributed by atoms with Crippen molar-refractivity contribution in [1.29, 1.82) is 0 Å². The monoisotopic (exact) mass is 169 g/mol. The Kier molecular flexibility index (Phi) is 2.47. The maximum absolute atomic E-state index is 10.8. The van der Waals surface area contributed by atoms with Crippen LogP contribution in [0.5, 0.6) is 0 Å². The summed E-state index contributed by atoms with van der Waals surface area (Å²) < 4.78 is 9.41. The quantitative estimate of drug-likeness (QED) is 0.620. The van der Waals surface area contributed by atoms with Crippen LogP contribution in [0.2, 0.25) is 0 Å². The first-order chi connectivity index (χ1) is 5.65. The molecule has 1 rings (SSSR count). The van der Waals surface area contributed by atoms with Crippen LogP contribution in [0.1, 0.15) is 17.0 Å². The molecule has 0 aliphatic rings. The van der Waals surface area contributed by atoms with Crippen LogP contribution in [0.4, 0.5) is 0 Å². The highest BCUT2D eigenvalue weighted by atomic mass is 16.5. The fourth-order valence-electron chi connectivity index (χ4n) is 0.830. The second kappa shape index (κ2) is 3.38. The fraction of sp³-hybridized carbons (Fsp3) is 0.500. The van der Waals surface area contributed by atoms with Gasteiger partial charge in [-0.05, 0) is 13.8 Å². The zero-order valence-electron chi connectivity index (χ0n) is 7.38. The van der Waals surface area contributed by atoms with Gasteiger partial charge in [-0.1, -0.05) is 5.16 Å². The number of carbonyl (C=O) groups is 1. The molecule has 1 aromatic rings. The minimum absolute atomic E-state index is 0.156. The van der Waals surface area contributed by atoms with Crippen LogP contribution in [-0.4, -0.2) is 18.2 Å². The van der Waals surface area contributed by atoms with E-state index < -0.39 is 0 Å². The van der Waals surface area contributed by atoms with Crippen LogP contribution in [-0.2, 0) is 16.0 Å². The van der Waals surface area contributed by atoms with Crippen LogP contribution in [0.15, 0.2) is 4.52 Å². The van der Waals surface area contributed by atoms with E-state index in [1.165, 1.54) is 7.11 Å². The Labute approximate surface area is 70.5 Å². The van der Waals surface area contributed by atoms with Gasteiger partial charge in [-0.25, -0.2) is 0 Å².